The molecule has 0 radical (unpaired) electrons. The zero-order chi connectivity index (χ0) is 13.0. The maximum Gasteiger partial charge on any atom is 0.0587 e. The number of thiophene rings is 1. The normalized spacial score (nSPS) is 30.5. The Hall–Kier alpha value is -0.900. The van der Waals surface area contributed by atoms with Crippen LogP contribution in [0.2, 0.25) is 0 Å². The molecule has 1 saturated carbocycles. The van der Waals surface area contributed by atoms with Gasteiger partial charge >= 0.3 is 0 Å². The predicted octanol–water partition coefficient (Wildman–Crippen LogP) is 3.02. The molecule has 2 heterocycles. The smallest absolute Gasteiger partial charge is 0.0587 e. The van der Waals surface area contributed by atoms with Gasteiger partial charge in [-0.25, -0.2) is 0 Å². The summed E-state index contributed by atoms with van der Waals surface area (Å²) in [5.74, 6) is 1.30. The highest BCUT2D eigenvalue weighted by atomic mass is 32.1. The first-order chi connectivity index (χ1) is 9.22. The van der Waals surface area contributed by atoms with Gasteiger partial charge in [0.15, 0.2) is 0 Å². The van der Waals surface area contributed by atoms with Gasteiger partial charge in [-0.05, 0) is 36.3 Å². The molecule has 3 heteroatoms. The third-order valence-electron chi connectivity index (χ3n) is 4.89. The number of likely N-dealkylation sites (tertiary alicyclic amines) is 1. The molecule has 0 amide bonds. The minimum atomic E-state index is -0.0321. The molecule has 4 rings (SSSR count). The second-order valence-electron chi connectivity index (χ2n) is 6.05. The van der Waals surface area contributed by atoms with Crippen LogP contribution < -0.4 is 0 Å². The van der Waals surface area contributed by atoms with Crippen LogP contribution in [0, 0.1) is 18.8 Å². The second-order valence-corrected chi connectivity index (χ2v) is 7.31. The monoisotopic (exact) mass is 273 g/mol. The van der Waals surface area contributed by atoms with E-state index in [1.165, 1.54) is 27.1 Å². The number of aliphatic hydroxyl groups is 1. The fourth-order valence-corrected chi connectivity index (χ4v) is 4.81. The largest absolute Gasteiger partial charge is 0.393 e. The number of nitrogens with zero attached hydrogens (tertiary/aromatic N) is 1. The third-order valence-corrected chi connectivity index (χ3v) is 6.02. The molecular formula is C16H19NOS. The van der Waals surface area contributed by atoms with Gasteiger partial charge in [0.25, 0.3) is 0 Å². The summed E-state index contributed by atoms with van der Waals surface area (Å²) in [5, 5.41) is 11.2. The highest BCUT2D eigenvalue weighted by Gasteiger charge is 2.46. The lowest BCUT2D eigenvalue weighted by Crippen LogP contribution is -2.39. The summed E-state index contributed by atoms with van der Waals surface area (Å²) >= 11 is 1.90. The van der Waals surface area contributed by atoms with Crippen molar-refractivity contribution in [3.63, 3.8) is 0 Å². The van der Waals surface area contributed by atoms with Gasteiger partial charge in [-0.1, -0.05) is 18.2 Å². The lowest BCUT2D eigenvalue weighted by atomic mass is 9.74. The molecule has 1 saturated heterocycles. The van der Waals surface area contributed by atoms with Crippen LogP contribution in [0.3, 0.4) is 0 Å². The number of hydrogen-bond acceptors (Lipinski definition) is 3. The van der Waals surface area contributed by atoms with Crippen LogP contribution in [0.5, 0.6) is 0 Å². The summed E-state index contributed by atoms with van der Waals surface area (Å²) in [4.78, 5) is 3.98. The van der Waals surface area contributed by atoms with Crippen LogP contribution in [-0.4, -0.2) is 29.2 Å². The minimum absolute atomic E-state index is 0.0321. The van der Waals surface area contributed by atoms with Crippen molar-refractivity contribution in [3.8, 4) is 0 Å². The van der Waals surface area contributed by atoms with Crippen molar-refractivity contribution in [1.29, 1.82) is 0 Å². The number of hydrogen-bond donors (Lipinski definition) is 1. The van der Waals surface area contributed by atoms with Crippen LogP contribution >= 0.6 is 11.3 Å². The second kappa shape index (κ2) is 4.30. The molecule has 1 N–H and O–H groups in total. The van der Waals surface area contributed by atoms with Crippen LogP contribution in [-0.2, 0) is 6.54 Å². The third kappa shape index (κ3) is 1.83. The molecule has 19 heavy (non-hydrogen) atoms. The van der Waals surface area contributed by atoms with Crippen LogP contribution in [0.4, 0.5) is 0 Å². The standard InChI is InChI=1S/C16H19NOS/c1-10-13(12-4-2-3-5-16(12)19-10)8-17-7-11-6-15(18)14(11)9-17/h2-5,11,14-15,18H,6-9H2,1H3/t11-,14+,15-/m1/s1. The highest BCUT2D eigenvalue weighted by Crippen LogP contribution is 2.42. The van der Waals surface area contributed by atoms with E-state index in [2.05, 4.69) is 36.1 Å². The molecule has 0 unspecified atom stereocenters. The van der Waals surface area contributed by atoms with E-state index >= 15 is 0 Å². The summed E-state index contributed by atoms with van der Waals surface area (Å²) in [6.07, 6.45) is 0.986. The van der Waals surface area contributed by atoms with E-state index < -0.39 is 0 Å². The lowest BCUT2D eigenvalue weighted by Gasteiger charge is -2.35. The quantitative estimate of drug-likeness (QED) is 0.909. The van der Waals surface area contributed by atoms with Gasteiger partial charge in [0.2, 0.25) is 0 Å². The van der Waals surface area contributed by atoms with E-state index in [1.807, 2.05) is 11.3 Å². The fraction of sp³-hybridized carbons (Fsp3) is 0.500. The van der Waals surface area contributed by atoms with E-state index in [-0.39, 0.29) is 6.10 Å². The van der Waals surface area contributed by atoms with Gasteiger partial charge in [0.1, 0.15) is 0 Å². The molecule has 3 atom stereocenters. The molecule has 1 aromatic heterocycles. The molecule has 0 bridgehead atoms. The maximum absolute atomic E-state index is 9.76. The molecule has 0 spiro atoms. The van der Waals surface area contributed by atoms with Crippen molar-refractivity contribution >= 4 is 21.4 Å². The van der Waals surface area contributed by atoms with E-state index in [0.717, 1.165) is 25.4 Å². The van der Waals surface area contributed by atoms with Gasteiger partial charge in [-0.2, -0.15) is 0 Å². The first kappa shape index (κ1) is 11.9. The first-order valence-corrected chi connectivity index (χ1v) is 7.91. The minimum Gasteiger partial charge on any atom is -0.393 e. The van der Waals surface area contributed by atoms with Crippen molar-refractivity contribution in [2.24, 2.45) is 11.8 Å². The van der Waals surface area contributed by atoms with Crippen molar-refractivity contribution in [1.82, 2.24) is 4.90 Å². The lowest BCUT2D eigenvalue weighted by molar-refractivity contribution is -0.00435. The van der Waals surface area contributed by atoms with Crippen LogP contribution in [0.1, 0.15) is 16.9 Å². The summed E-state index contributed by atoms with van der Waals surface area (Å²) in [6, 6.07) is 8.71. The van der Waals surface area contributed by atoms with E-state index in [0.29, 0.717) is 5.92 Å². The number of benzene rings is 1. The topological polar surface area (TPSA) is 23.5 Å². The van der Waals surface area contributed by atoms with Crippen molar-refractivity contribution < 1.29 is 5.11 Å². The van der Waals surface area contributed by atoms with Gasteiger partial charge in [0.05, 0.1) is 6.10 Å². The van der Waals surface area contributed by atoms with Gasteiger partial charge < -0.3 is 5.11 Å². The maximum atomic E-state index is 9.76. The fourth-order valence-electron chi connectivity index (χ4n) is 3.73. The van der Waals surface area contributed by atoms with Gasteiger partial charge in [-0.15, -0.1) is 11.3 Å². The van der Waals surface area contributed by atoms with Gasteiger partial charge in [-0.3, -0.25) is 4.90 Å². The Morgan fingerprint density at radius 1 is 1.32 bits per heavy atom. The van der Waals surface area contributed by atoms with Gasteiger partial charge in [0, 0.05) is 35.1 Å². The Balaban J connectivity index is 1.60. The number of fused-ring (bicyclic) bond motifs is 2. The summed E-state index contributed by atoms with van der Waals surface area (Å²) < 4.78 is 1.40. The Morgan fingerprint density at radius 3 is 2.95 bits per heavy atom. The Bertz CT molecular complexity index is 620. The molecule has 2 nitrogen and oxygen atoms in total. The Kier molecular flexibility index (Phi) is 2.69. The number of aryl methyl sites for hydroxylation is 1. The SMILES string of the molecule is Cc1sc2ccccc2c1CN1C[C@H]2C[C@@H](O)[C@H]2C1. The zero-order valence-corrected chi connectivity index (χ0v) is 12.0. The van der Waals surface area contributed by atoms with Crippen LogP contribution in [0.15, 0.2) is 24.3 Å². The molecular weight excluding hydrogens is 254 g/mol. The zero-order valence-electron chi connectivity index (χ0n) is 11.2. The molecule has 1 aliphatic heterocycles. The Labute approximate surface area is 117 Å². The first-order valence-electron chi connectivity index (χ1n) is 7.10. The van der Waals surface area contributed by atoms with E-state index in [4.69, 9.17) is 0 Å². The molecule has 1 aromatic carbocycles. The molecule has 2 aromatic rings. The van der Waals surface area contributed by atoms with E-state index in [9.17, 15) is 5.11 Å². The molecule has 2 fully saturated rings. The molecule has 100 valence electrons. The predicted molar refractivity (Wildman–Crippen MR) is 79.4 cm³/mol. The van der Waals surface area contributed by atoms with Crippen molar-refractivity contribution in [3.05, 3.63) is 34.7 Å². The summed E-state index contributed by atoms with van der Waals surface area (Å²) in [6.45, 7) is 5.54. The molecule has 1 aliphatic carbocycles. The average molecular weight is 273 g/mol. The summed E-state index contributed by atoms with van der Waals surface area (Å²) in [5.41, 5.74) is 1.50. The van der Waals surface area contributed by atoms with Crippen molar-refractivity contribution in [2.45, 2.75) is 26.0 Å². The summed E-state index contributed by atoms with van der Waals surface area (Å²) in [7, 11) is 0. The highest BCUT2D eigenvalue weighted by molar-refractivity contribution is 7.19. The number of rotatable bonds is 2. The van der Waals surface area contributed by atoms with Crippen LogP contribution in [0.25, 0.3) is 10.1 Å². The average Bonchev–Trinajstić information content (AvgIpc) is 2.89. The Morgan fingerprint density at radius 2 is 2.16 bits per heavy atom. The number of aliphatic hydroxyl groups excluding tert-OH is 1. The van der Waals surface area contributed by atoms with Crippen molar-refractivity contribution in [2.75, 3.05) is 13.1 Å². The molecule has 2 aliphatic rings. The van der Waals surface area contributed by atoms with E-state index in [1.54, 1.807) is 0 Å².